The summed E-state index contributed by atoms with van der Waals surface area (Å²) < 4.78 is 4.04. The Balaban J connectivity index is 1.37. The van der Waals surface area contributed by atoms with Crippen LogP contribution in [0.1, 0.15) is 11.1 Å². The molecule has 0 bridgehead atoms. The summed E-state index contributed by atoms with van der Waals surface area (Å²) in [5.74, 6) is 0.434. The van der Waals surface area contributed by atoms with Crippen LogP contribution in [0.15, 0.2) is 164 Å². The number of nitrogens with one attached hydrogen (secondary N) is 2. The molecule has 10 nitrogen and oxygen atoms in total. The topological polar surface area (TPSA) is 118 Å². The molecule has 268 valence electrons. The molecule has 8 heterocycles. The molecule has 2 N–H and O–H groups in total. The summed E-state index contributed by atoms with van der Waals surface area (Å²) in [4.78, 5) is 22.6. The van der Waals surface area contributed by atoms with E-state index in [-0.39, 0.29) is 0 Å². The van der Waals surface area contributed by atoms with Crippen LogP contribution in [0.5, 0.6) is 0 Å². The Hall–Kier alpha value is -7.98. The van der Waals surface area contributed by atoms with Gasteiger partial charge in [-0.1, -0.05) is 66.7 Å². The average molecular weight is 735 g/mol. The lowest BCUT2D eigenvalue weighted by atomic mass is 9.82. The molecule has 0 atom stereocenters. The van der Waals surface area contributed by atoms with Gasteiger partial charge in [0.15, 0.2) is 0 Å². The molecule has 11 aromatic rings. The first-order valence-electron chi connectivity index (χ1n) is 18.8. The van der Waals surface area contributed by atoms with Crippen molar-refractivity contribution in [1.29, 1.82) is 0 Å². The molecule has 0 saturated heterocycles. The minimum atomic E-state index is 0.434. The molecule has 0 radical (unpaired) electrons. The maximum atomic E-state index is 5.50. The first-order valence-corrected chi connectivity index (χ1v) is 18.8. The van der Waals surface area contributed by atoms with E-state index in [0.29, 0.717) is 18.1 Å². The van der Waals surface area contributed by atoms with Crippen molar-refractivity contribution in [1.82, 2.24) is 44.3 Å². The van der Waals surface area contributed by atoms with Crippen LogP contribution < -0.4 is 0 Å². The zero-order valence-electron chi connectivity index (χ0n) is 30.3. The van der Waals surface area contributed by atoms with Gasteiger partial charge in [0, 0.05) is 93.1 Å². The van der Waals surface area contributed by atoms with E-state index in [2.05, 4.69) is 129 Å². The molecule has 4 aromatic carbocycles. The van der Waals surface area contributed by atoms with E-state index < -0.39 is 0 Å². The van der Waals surface area contributed by atoms with Gasteiger partial charge >= 0.3 is 0 Å². The summed E-state index contributed by atoms with van der Waals surface area (Å²) in [7, 11) is 0. The van der Waals surface area contributed by atoms with Crippen molar-refractivity contribution in [3.8, 4) is 51.0 Å². The van der Waals surface area contributed by atoms with Crippen LogP contribution in [0, 0.1) is 0 Å². The van der Waals surface area contributed by atoms with Crippen molar-refractivity contribution in [3.63, 3.8) is 0 Å². The molecule has 0 aliphatic carbocycles. The lowest BCUT2D eigenvalue weighted by Crippen LogP contribution is -2.10. The molecule has 10 heteroatoms. The predicted octanol–water partition coefficient (Wildman–Crippen LogP) is 10.2. The smallest absolute Gasteiger partial charge is 0.251 e. The highest BCUT2D eigenvalue weighted by Gasteiger charge is 2.35. The monoisotopic (exact) mass is 734 g/mol. The molecule has 1 aliphatic rings. The summed E-state index contributed by atoms with van der Waals surface area (Å²) in [6, 6.07) is 41.6. The second-order valence-corrected chi connectivity index (χ2v) is 14.2. The largest absolute Gasteiger partial charge is 0.360 e. The van der Waals surface area contributed by atoms with Gasteiger partial charge in [0.25, 0.3) is 5.95 Å². The van der Waals surface area contributed by atoms with Gasteiger partial charge < -0.3 is 14.4 Å². The summed E-state index contributed by atoms with van der Waals surface area (Å²) in [5.41, 5.74) is 14.0. The zero-order chi connectivity index (χ0) is 37.5. The molecule has 0 saturated carbocycles. The Bertz CT molecular complexity index is 3350. The van der Waals surface area contributed by atoms with Crippen molar-refractivity contribution in [2.45, 2.75) is 6.42 Å². The number of aliphatic imine (C=N–C) groups is 1. The number of benzene rings is 4. The number of hydrogen-bond donors (Lipinski definition) is 2. The Morgan fingerprint density at radius 3 is 2.39 bits per heavy atom. The maximum Gasteiger partial charge on any atom is 0.251 e. The van der Waals surface area contributed by atoms with Crippen LogP contribution in [0.2, 0.25) is 0 Å². The lowest BCUT2D eigenvalue weighted by molar-refractivity contribution is 0.835. The Labute approximate surface area is 324 Å². The maximum absolute atomic E-state index is 5.50. The van der Waals surface area contributed by atoms with E-state index in [9.17, 15) is 0 Å². The van der Waals surface area contributed by atoms with Crippen molar-refractivity contribution in [2.75, 3.05) is 0 Å². The number of fused-ring (bicyclic) bond motifs is 5. The molecule has 1 aliphatic heterocycles. The Morgan fingerprint density at radius 2 is 1.51 bits per heavy atom. The summed E-state index contributed by atoms with van der Waals surface area (Å²) >= 11 is 0. The third-order valence-electron chi connectivity index (χ3n) is 11.1. The molecule has 57 heavy (non-hydrogen) atoms. The van der Waals surface area contributed by atoms with Crippen LogP contribution in [0.4, 0.5) is 5.69 Å². The molecule has 0 fully saturated rings. The highest BCUT2D eigenvalue weighted by molar-refractivity contribution is 6.28. The van der Waals surface area contributed by atoms with E-state index in [0.717, 1.165) is 94.4 Å². The van der Waals surface area contributed by atoms with Gasteiger partial charge in [-0.2, -0.15) is 20.0 Å². The third-order valence-corrected chi connectivity index (χ3v) is 11.1. The van der Waals surface area contributed by atoms with Gasteiger partial charge in [-0.3, -0.25) is 4.99 Å². The van der Waals surface area contributed by atoms with Crippen LogP contribution in [-0.4, -0.2) is 50.0 Å². The van der Waals surface area contributed by atoms with Crippen LogP contribution in [-0.2, 0) is 6.42 Å². The average Bonchev–Trinajstić information content (AvgIpc) is 4.12. The molecular weight excluding hydrogens is 705 g/mol. The van der Waals surface area contributed by atoms with Gasteiger partial charge in [-0.05, 0) is 65.5 Å². The van der Waals surface area contributed by atoms with E-state index in [1.54, 1.807) is 18.6 Å². The minimum absolute atomic E-state index is 0.434. The standard InChI is InChI=1S/C47H30N10/c1-4-14-31-30(13-1)27-50-44(31)42-39(32-19-24-56-23-8-7-18-38(32)56)41(35-17-9-22-51-54-35)46-43(40(42)36-25-28-11-2-5-15-33(28)52-36)45(55-57(46)47-48-20-10-21-49-47)37-26-29-12-3-6-16-34(29)53-37/h1-24,26-27,50,53H,25H2. The summed E-state index contributed by atoms with van der Waals surface area (Å²) in [5, 5.41) is 19.0. The zero-order valence-corrected chi connectivity index (χ0v) is 30.3. The molecule has 12 rings (SSSR count). The van der Waals surface area contributed by atoms with E-state index in [4.69, 9.17) is 25.2 Å². The SMILES string of the molecule is c1cnc(-n2nc(-c3cc4ccccc4[nH]3)c3c(C4=Nc5ccccc5C4)c(-c4[nH]cc5ccccc45)c(-c4ccn5ccccc45)c(-c4cccnn4)c32)nc1. The van der Waals surface area contributed by atoms with Gasteiger partial charge in [0.2, 0.25) is 0 Å². The van der Waals surface area contributed by atoms with Crippen LogP contribution >= 0.6 is 0 Å². The first kappa shape index (κ1) is 31.4. The van der Waals surface area contributed by atoms with E-state index >= 15 is 0 Å². The van der Waals surface area contributed by atoms with Crippen LogP contribution in [0.25, 0.3) is 89.1 Å². The Morgan fingerprint density at radius 1 is 0.667 bits per heavy atom. The number of rotatable bonds is 6. The molecular formula is C47H30N10. The molecule has 0 amide bonds. The minimum Gasteiger partial charge on any atom is -0.360 e. The fraction of sp³-hybridized carbons (Fsp3) is 0.0213. The van der Waals surface area contributed by atoms with Gasteiger partial charge in [-0.25, -0.2) is 9.97 Å². The summed E-state index contributed by atoms with van der Waals surface area (Å²) in [6.45, 7) is 0. The Kier molecular flexibility index (Phi) is 6.75. The van der Waals surface area contributed by atoms with Gasteiger partial charge in [0.05, 0.1) is 39.5 Å². The highest BCUT2D eigenvalue weighted by atomic mass is 15.4. The first-order chi connectivity index (χ1) is 28.3. The fourth-order valence-electron chi connectivity index (χ4n) is 8.64. The number of aromatic nitrogens is 9. The lowest BCUT2D eigenvalue weighted by Gasteiger charge is -2.22. The van der Waals surface area contributed by atoms with E-state index in [1.165, 1.54) is 5.56 Å². The number of para-hydroxylation sites is 2. The second-order valence-electron chi connectivity index (χ2n) is 14.2. The highest BCUT2D eigenvalue weighted by Crippen LogP contribution is 2.52. The predicted molar refractivity (Wildman–Crippen MR) is 225 cm³/mol. The molecule has 0 spiro atoms. The number of H-pyrrole nitrogens is 2. The van der Waals surface area contributed by atoms with Crippen molar-refractivity contribution in [2.24, 2.45) is 4.99 Å². The number of pyridine rings is 1. The van der Waals surface area contributed by atoms with Gasteiger partial charge in [0.1, 0.15) is 5.69 Å². The van der Waals surface area contributed by atoms with E-state index in [1.807, 2.05) is 35.0 Å². The van der Waals surface area contributed by atoms with Crippen molar-refractivity contribution >= 4 is 49.5 Å². The normalized spacial score (nSPS) is 12.6. The van der Waals surface area contributed by atoms with Crippen molar-refractivity contribution in [3.05, 3.63) is 170 Å². The number of nitrogens with zero attached hydrogens (tertiary/aromatic N) is 8. The molecule has 0 unspecified atom stereocenters. The number of aromatic amines is 2. The fourth-order valence-corrected chi connectivity index (χ4v) is 8.64. The number of hydrogen-bond acceptors (Lipinski definition) is 6. The summed E-state index contributed by atoms with van der Waals surface area (Å²) in [6.07, 6.45) is 12.1. The third kappa shape index (κ3) is 4.77. The quantitative estimate of drug-likeness (QED) is 0.176. The van der Waals surface area contributed by atoms with Gasteiger partial charge in [-0.15, -0.1) is 0 Å². The van der Waals surface area contributed by atoms with Crippen LogP contribution in [0.3, 0.4) is 0 Å². The molecule has 7 aromatic heterocycles. The van der Waals surface area contributed by atoms with Crippen molar-refractivity contribution < 1.29 is 0 Å². The second kappa shape index (κ2) is 12.3.